The molecule has 0 fully saturated rings. The molecule has 0 radical (unpaired) electrons. The van der Waals surface area contributed by atoms with Crippen LogP contribution >= 0.6 is 0 Å². The van der Waals surface area contributed by atoms with Crippen LogP contribution in [0.15, 0.2) is 66.9 Å². The maximum Gasteiger partial charge on any atom is 0.239 e. The quantitative estimate of drug-likeness (QED) is 0.280. The third-order valence-electron chi connectivity index (χ3n) is 7.65. The van der Waals surface area contributed by atoms with Crippen molar-refractivity contribution in [1.82, 2.24) is 4.98 Å². The van der Waals surface area contributed by atoms with E-state index in [1.807, 2.05) is 0 Å². The summed E-state index contributed by atoms with van der Waals surface area (Å²) in [6, 6.07) is 22.5. The van der Waals surface area contributed by atoms with Gasteiger partial charge in [0.25, 0.3) is 0 Å². The Morgan fingerprint density at radius 3 is 2.14 bits per heavy atom. The second-order valence-electron chi connectivity index (χ2n) is 11.0. The smallest absolute Gasteiger partial charge is 0.234 e. The minimum absolute atomic E-state index is 0.00982. The lowest BCUT2D eigenvalue weighted by atomic mass is 9.68. The third-order valence-corrected chi connectivity index (χ3v) is 7.65. The number of hydrogen-bond donors (Lipinski definition) is 0. The largest absolute Gasteiger partial charge is 0.239 e. The van der Waals surface area contributed by atoms with Gasteiger partial charge in [-0.05, 0) is 77.3 Å². The average molecular weight is 462 g/mol. The molecule has 4 aromatic rings. The van der Waals surface area contributed by atoms with Gasteiger partial charge in [0, 0.05) is 17.5 Å². The molecule has 1 aliphatic heterocycles. The van der Waals surface area contributed by atoms with Crippen LogP contribution in [-0.2, 0) is 5.41 Å². The van der Waals surface area contributed by atoms with Crippen LogP contribution in [0.4, 0.5) is 0 Å². The average Bonchev–Trinajstić information content (AvgIpc) is 2.80. The third kappa shape index (κ3) is 3.99. The summed E-state index contributed by atoms with van der Waals surface area (Å²) in [5, 5.41) is 0. The first-order valence-corrected chi connectivity index (χ1v) is 12.9. The zero-order valence-corrected chi connectivity index (χ0v) is 22.2. The van der Waals surface area contributed by atoms with E-state index in [2.05, 4.69) is 120 Å². The van der Waals surface area contributed by atoms with E-state index in [0.717, 1.165) is 29.8 Å². The molecule has 2 heteroatoms. The van der Waals surface area contributed by atoms with Crippen molar-refractivity contribution in [3.8, 4) is 33.8 Å². The van der Waals surface area contributed by atoms with Crippen molar-refractivity contribution in [3.63, 3.8) is 0 Å². The van der Waals surface area contributed by atoms with Crippen LogP contribution in [0.25, 0.3) is 33.8 Å². The summed E-state index contributed by atoms with van der Waals surface area (Å²) >= 11 is 0. The van der Waals surface area contributed by atoms with Gasteiger partial charge in [-0.25, -0.2) is 4.98 Å². The van der Waals surface area contributed by atoms with Gasteiger partial charge in [-0.3, -0.25) is 0 Å². The standard InChI is InChI=1S/C33H37N2/c1-8-12-29-33(6,7)30-24(5)16-23(4)19-27(30)32-31(26-17-21(2)15-22(3)18-26)34-28(20-35(29)32)25-13-10-9-11-14-25/h9-11,13-20,29H,8,12H2,1-7H3/q+1. The fourth-order valence-corrected chi connectivity index (χ4v) is 6.39. The normalized spacial score (nSPS) is 16.0. The van der Waals surface area contributed by atoms with E-state index in [1.54, 1.807) is 0 Å². The maximum atomic E-state index is 5.39. The summed E-state index contributed by atoms with van der Waals surface area (Å²) in [5.41, 5.74) is 13.8. The summed E-state index contributed by atoms with van der Waals surface area (Å²) in [4.78, 5) is 5.39. The molecule has 0 bridgehead atoms. The Morgan fingerprint density at radius 2 is 1.49 bits per heavy atom. The molecular formula is C33H37N2+. The summed E-state index contributed by atoms with van der Waals surface area (Å²) in [6.07, 6.45) is 4.59. The molecule has 1 aromatic heterocycles. The molecule has 0 amide bonds. The second kappa shape index (κ2) is 8.75. The molecule has 1 unspecified atom stereocenters. The Bertz CT molecular complexity index is 1390. The Hall–Kier alpha value is -3.26. The fourth-order valence-electron chi connectivity index (χ4n) is 6.39. The number of rotatable bonds is 4. The molecule has 0 N–H and O–H groups in total. The molecule has 178 valence electrons. The summed E-state index contributed by atoms with van der Waals surface area (Å²) in [5.74, 6) is 0. The van der Waals surface area contributed by atoms with Crippen LogP contribution in [0.1, 0.15) is 67.5 Å². The first-order chi connectivity index (χ1) is 16.7. The van der Waals surface area contributed by atoms with Crippen LogP contribution < -0.4 is 4.57 Å². The molecule has 1 aliphatic rings. The van der Waals surface area contributed by atoms with E-state index in [9.17, 15) is 0 Å². The van der Waals surface area contributed by atoms with Crippen molar-refractivity contribution in [2.75, 3.05) is 0 Å². The molecule has 0 spiro atoms. The van der Waals surface area contributed by atoms with Crippen LogP contribution in [0.3, 0.4) is 0 Å². The number of aromatic nitrogens is 2. The SMILES string of the molecule is CCCC1[n+]2cc(-c3ccccc3)nc(-c3cc(C)cc(C)c3)c2-c2cc(C)cc(C)c2C1(C)C. The molecule has 35 heavy (non-hydrogen) atoms. The molecule has 1 atom stereocenters. The Kier molecular flexibility index (Phi) is 5.87. The summed E-state index contributed by atoms with van der Waals surface area (Å²) in [7, 11) is 0. The van der Waals surface area contributed by atoms with Crippen LogP contribution in [0.5, 0.6) is 0 Å². The zero-order valence-electron chi connectivity index (χ0n) is 22.2. The fraction of sp³-hybridized carbons (Fsp3) is 0.333. The van der Waals surface area contributed by atoms with E-state index >= 15 is 0 Å². The van der Waals surface area contributed by atoms with Crippen molar-refractivity contribution < 1.29 is 4.57 Å². The van der Waals surface area contributed by atoms with Gasteiger partial charge >= 0.3 is 0 Å². The number of hydrogen-bond acceptors (Lipinski definition) is 1. The summed E-state index contributed by atoms with van der Waals surface area (Å²) < 4.78 is 2.58. The Morgan fingerprint density at radius 1 is 0.829 bits per heavy atom. The van der Waals surface area contributed by atoms with E-state index < -0.39 is 0 Å². The van der Waals surface area contributed by atoms with Gasteiger partial charge in [0.15, 0.2) is 12.2 Å². The van der Waals surface area contributed by atoms with E-state index in [-0.39, 0.29) is 5.41 Å². The highest BCUT2D eigenvalue weighted by molar-refractivity contribution is 5.82. The van der Waals surface area contributed by atoms with E-state index in [4.69, 9.17) is 4.98 Å². The van der Waals surface area contributed by atoms with Crippen molar-refractivity contribution in [1.29, 1.82) is 0 Å². The highest BCUT2D eigenvalue weighted by atomic mass is 15.1. The molecule has 5 rings (SSSR count). The van der Waals surface area contributed by atoms with Gasteiger partial charge in [-0.1, -0.05) is 66.1 Å². The van der Waals surface area contributed by atoms with Crippen molar-refractivity contribution in [3.05, 3.63) is 94.7 Å². The van der Waals surface area contributed by atoms with Gasteiger partial charge in [0.1, 0.15) is 11.4 Å². The Labute approximate surface area is 210 Å². The number of nitrogens with zero attached hydrogens (tertiary/aromatic N) is 2. The van der Waals surface area contributed by atoms with E-state index in [1.165, 1.54) is 44.6 Å². The monoisotopic (exact) mass is 461 g/mol. The Balaban J connectivity index is 1.94. The molecule has 0 saturated carbocycles. The van der Waals surface area contributed by atoms with Gasteiger partial charge in [0.2, 0.25) is 5.69 Å². The second-order valence-corrected chi connectivity index (χ2v) is 11.0. The lowest BCUT2D eigenvalue weighted by Crippen LogP contribution is -2.54. The predicted octanol–water partition coefficient (Wildman–Crippen LogP) is 8.24. The highest BCUT2D eigenvalue weighted by Crippen LogP contribution is 2.48. The lowest BCUT2D eigenvalue weighted by molar-refractivity contribution is -0.723. The molecule has 3 aromatic carbocycles. The van der Waals surface area contributed by atoms with Crippen LogP contribution in [0, 0.1) is 27.7 Å². The number of fused-ring (bicyclic) bond motifs is 3. The van der Waals surface area contributed by atoms with Crippen molar-refractivity contribution in [2.24, 2.45) is 0 Å². The lowest BCUT2D eigenvalue weighted by Gasteiger charge is -2.38. The number of benzene rings is 3. The molecule has 0 aliphatic carbocycles. The van der Waals surface area contributed by atoms with Gasteiger partial charge in [-0.2, -0.15) is 4.57 Å². The van der Waals surface area contributed by atoms with Crippen molar-refractivity contribution >= 4 is 0 Å². The topological polar surface area (TPSA) is 16.8 Å². The van der Waals surface area contributed by atoms with Crippen LogP contribution in [-0.4, -0.2) is 4.98 Å². The van der Waals surface area contributed by atoms with Gasteiger partial charge in [0.05, 0.1) is 11.0 Å². The first kappa shape index (κ1) is 23.5. The molecule has 2 heterocycles. The van der Waals surface area contributed by atoms with Gasteiger partial charge in [-0.15, -0.1) is 0 Å². The minimum Gasteiger partial charge on any atom is -0.234 e. The van der Waals surface area contributed by atoms with Crippen LogP contribution in [0.2, 0.25) is 0 Å². The zero-order chi connectivity index (χ0) is 24.9. The maximum absolute atomic E-state index is 5.39. The molecular weight excluding hydrogens is 424 g/mol. The highest BCUT2D eigenvalue weighted by Gasteiger charge is 2.48. The first-order valence-electron chi connectivity index (χ1n) is 12.9. The molecule has 2 nitrogen and oxygen atoms in total. The predicted molar refractivity (Wildman–Crippen MR) is 147 cm³/mol. The van der Waals surface area contributed by atoms with E-state index in [0.29, 0.717) is 6.04 Å². The molecule has 0 saturated heterocycles. The number of aryl methyl sites for hydroxylation is 4. The van der Waals surface area contributed by atoms with Gasteiger partial charge < -0.3 is 0 Å². The van der Waals surface area contributed by atoms with Crippen molar-refractivity contribution in [2.45, 2.75) is 72.8 Å². The minimum atomic E-state index is 0.00982. The summed E-state index contributed by atoms with van der Waals surface area (Å²) in [6.45, 7) is 16.0.